The fourth-order valence-electron chi connectivity index (χ4n) is 0.776. The van der Waals surface area contributed by atoms with E-state index in [0.29, 0.717) is 0 Å². The fraction of sp³-hybridized carbons (Fsp3) is 0.143. The molecule has 0 radical (unpaired) electrons. The quantitative estimate of drug-likeness (QED) is 0.449. The Morgan fingerprint density at radius 3 is 2.33 bits per heavy atom. The molecule has 0 fully saturated rings. The predicted molar refractivity (Wildman–Crippen MR) is 42.1 cm³/mol. The number of hydrogen-bond acceptors (Lipinski definition) is 2. The second-order valence-corrected chi connectivity index (χ2v) is 3.71. The van der Waals surface area contributed by atoms with Gasteiger partial charge in [0.1, 0.15) is 0 Å². The summed E-state index contributed by atoms with van der Waals surface area (Å²) in [6, 6.07) is 6.10. The summed E-state index contributed by atoms with van der Waals surface area (Å²) in [5, 5.41) is 0. The molecule has 0 aliphatic carbocycles. The molecular formula is C7H9KO3S. The monoisotopic (exact) mass is 212 g/mol. The van der Waals surface area contributed by atoms with Crippen molar-refractivity contribution in [3.63, 3.8) is 0 Å². The zero-order valence-electron chi connectivity index (χ0n) is 7.98. The maximum atomic E-state index is 10.5. The summed E-state index contributed by atoms with van der Waals surface area (Å²) in [7, 11) is -4.03. The van der Waals surface area contributed by atoms with E-state index in [1.54, 1.807) is 19.1 Å². The van der Waals surface area contributed by atoms with E-state index in [2.05, 4.69) is 0 Å². The summed E-state index contributed by atoms with van der Waals surface area (Å²) in [6.45, 7) is 1.76. The van der Waals surface area contributed by atoms with Crippen LogP contribution in [0, 0.1) is 6.92 Å². The van der Waals surface area contributed by atoms with Crippen LogP contribution >= 0.6 is 0 Å². The Kier molecular flexibility index (Phi) is 5.16. The van der Waals surface area contributed by atoms with Crippen LogP contribution in [0.5, 0.6) is 0 Å². The minimum Gasteiger partial charge on any atom is -1.00 e. The first-order valence-electron chi connectivity index (χ1n) is 3.04. The average Bonchev–Trinajstić information content (AvgIpc) is 1.86. The van der Waals surface area contributed by atoms with Gasteiger partial charge in [-0.3, -0.25) is 4.55 Å². The Balaban J connectivity index is 0. The number of aryl methyl sites for hydroxylation is 1. The normalized spacial score (nSPS) is 10.5. The molecule has 5 heteroatoms. The SMILES string of the molecule is Cc1cccc(S(=O)(=O)O)c1.[H-].[K+]. The van der Waals surface area contributed by atoms with Crippen LogP contribution < -0.4 is 51.4 Å². The molecule has 0 aliphatic heterocycles. The van der Waals surface area contributed by atoms with Gasteiger partial charge >= 0.3 is 51.4 Å². The molecule has 0 amide bonds. The van der Waals surface area contributed by atoms with E-state index in [-0.39, 0.29) is 57.7 Å². The first-order valence-corrected chi connectivity index (χ1v) is 4.48. The third-order valence-electron chi connectivity index (χ3n) is 1.29. The van der Waals surface area contributed by atoms with Crippen molar-refractivity contribution in [2.24, 2.45) is 0 Å². The first kappa shape index (κ1) is 12.8. The third-order valence-corrected chi connectivity index (χ3v) is 2.14. The van der Waals surface area contributed by atoms with Gasteiger partial charge in [-0.1, -0.05) is 12.1 Å². The molecule has 0 unspecified atom stereocenters. The molecule has 0 aromatic heterocycles. The Labute approximate surface area is 116 Å². The molecule has 1 aromatic carbocycles. The molecule has 0 saturated heterocycles. The molecule has 1 rings (SSSR count). The number of hydrogen-bond donors (Lipinski definition) is 1. The van der Waals surface area contributed by atoms with Crippen LogP contribution in [-0.4, -0.2) is 13.0 Å². The molecule has 0 heterocycles. The standard InChI is InChI=1S/C7H8O3S.K.H/c1-6-3-2-4-7(5-6)11(8,9)10;;/h2-5H,1H3,(H,8,9,10);;/q;+1;-1. The summed E-state index contributed by atoms with van der Waals surface area (Å²) in [5.41, 5.74) is 0.806. The summed E-state index contributed by atoms with van der Waals surface area (Å²) >= 11 is 0. The van der Waals surface area contributed by atoms with Crippen LogP contribution in [0.3, 0.4) is 0 Å². The summed E-state index contributed by atoms with van der Waals surface area (Å²) in [5.74, 6) is 0. The molecule has 0 atom stereocenters. The Morgan fingerprint density at radius 1 is 1.42 bits per heavy atom. The molecule has 0 saturated carbocycles. The van der Waals surface area contributed by atoms with Gasteiger partial charge in [0.15, 0.2) is 0 Å². The smallest absolute Gasteiger partial charge is 1.00 e. The molecule has 0 bridgehead atoms. The van der Waals surface area contributed by atoms with Gasteiger partial charge in [0.2, 0.25) is 0 Å². The van der Waals surface area contributed by atoms with E-state index in [1.807, 2.05) is 0 Å². The van der Waals surface area contributed by atoms with Gasteiger partial charge in [-0.2, -0.15) is 8.42 Å². The molecule has 0 aliphatic rings. The number of rotatable bonds is 1. The van der Waals surface area contributed by atoms with E-state index >= 15 is 0 Å². The van der Waals surface area contributed by atoms with Crippen molar-refractivity contribution in [1.29, 1.82) is 0 Å². The summed E-state index contributed by atoms with van der Waals surface area (Å²) in [6.07, 6.45) is 0. The van der Waals surface area contributed by atoms with E-state index in [4.69, 9.17) is 4.55 Å². The van der Waals surface area contributed by atoms with Gasteiger partial charge < -0.3 is 1.43 Å². The topological polar surface area (TPSA) is 54.4 Å². The average molecular weight is 212 g/mol. The second-order valence-electron chi connectivity index (χ2n) is 2.29. The van der Waals surface area contributed by atoms with Gasteiger partial charge in [-0.05, 0) is 24.6 Å². The molecule has 0 spiro atoms. The zero-order valence-corrected chi connectivity index (χ0v) is 10.9. The van der Waals surface area contributed by atoms with E-state index in [9.17, 15) is 8.42 Å². The van der Waals surface area contributed by atoms with Gasteiger partial charge in [-0.25, -0.2) is 0 Å². The van der Waals surface area contributed by atoms with E-state index < -0.39 is 10.1 Å². The molecule has 1 aromatic rings. The zero-order chi connectivity index (χ0) is 8.48. The van der Waals surface area contributed by atoms with Crippen LogP contribution in [-0.2, 0) is 10.1 Å². The minimum atomic E-state index is -4.03. The third kappa shape index (κ3) is 3.65. The van der Waals surface area contributed by atoms with Gasteiger partial charge in [0.25, 0.3) is 10.1 Å². The molecular weight excluding hydrogens is 203 g/mol. The molecule has 3 nitrogen and oxygen atoms in total. The van der Waals surface area contributed by atoms with Crippen LogP contribution in [0.15, 0.2) is 29.2 Å². The van der Waals surface area contributed by atoms with Gasteiger partial charge in [0, 0.05) is 0 Å². The fourth-order valence-corrected chi connectivity index (χ4v) is 1.36. The van der Waals surface area contributed by atoms with Crippen molar-refractivity contribution >= 4 is 10.1 Å². The Morgan fingerprint density at radius 2 is 2.00 bits per heavy atom. The predicted octanol–water partition coefficient (Wildman–Crippen LogP) is -1.64. The van der Waals surface area contributed by atoms with Crippen LogP contribution in [0.4, 0.5) is 0 Å². The summed E-state index contributed by atoms with van der Waals surface area (Å²) < 4.78 is 29.7. The Bertz CT molecular complexity index is 364. The van der Waals surface area contributed by atoms with Crippen molar-refractivity contribution in [3.8, 4) is 0 Å². The maximum absolute atomic E-state index is 10.5. The van der Waals surface area contributed by atoms with E-state index in [0.717, 1.165) is 5.56 Å². The second kappa shape index (κ2) is 4.85. The van der Waals surface area contributed by atoms with Crippen molar-refractivity contribution in [3.05, 3.63) is 29.8 Å². The molecule has 62 valence electrons. The first-order chi connectivity index (χ1) is 5.00. The molecule has 12 heavy (non-hydrogen) atoms. The van der Waals surface area contributed by atoms with Crippen LogP contribution in [0.25, 0.3) is 0 Å². The van der Waals surface area contributed by atoms with Crippen molar-refractivity contribution in [2.75, 3.05) is 0 Å². The summed E-state index contributed by atoms with van der Waals surface area (Å²) in [4.78, 5) is -0.0579. The van der Waals surface area contributed by atoms with Crippen LogP contribution in [0.2, 0.25) is 0 Å². The van der Waals surface area contributed by atoms with E-state index in [1.165, 1.54) is 12.1 Å². The molecule has 1 N–H and O–H groups in total. The van der Waals surface area contributed by atoms with Crippen LogP contribution in [0.1, 0.15) is 6.99 Å². The Hall–Kier alpha value is 0.766. The van der Waals surface area contributed by atoms with Gasteiger partial charge in [0.05, 0.1) is 4.90 Å². The maximum Gasteiger partial charge on any atom is 1.00 e. The van der Waals surface area contributed by atoms with Gasteiger partial charge in [-0.15, -0.1) is 0 Å². The number of benzene rings is 1. The minimum absolute atomic E-state index is 0. The largest absolute Gasteiger partial charge is 1.00 e. The van der Waals surface area contributed by atoms with Crippen molar-refractivity contribution in [2.45, 2.75) is 11.8 Å². The van der Waals surface area contributed by atoms with Crippen molar-refractivity contribution < 1.29 is 65.8 Å². The van der Waals surface area contributed by atoms with Crippen molar-refractivity contribution in [1.82, 2.24) is 0 Å².